The molecule has 3 N–H and O–H groups in total. The molecule has 0 radical (unpaired) electrons. The summed E-state index contributed by atoms with van der Waals surface area (Å²) in [6, 6.07) is 24.1. The van der Waals surface area contributed by atoms with Crippen molar-refractivity contribution in [3.05, 3.63) is 96.2 Å². The van der Waals surface area contributed by atoms with Gasteiger partial charge in [0.05, 0.1) is 25.0 Å². The summed E-state index contributed by atoms with van der Waals surface area (Å²) < 4.78 is 41.0. The van der Waals surface area contributed by atoms with Gasteiger partial charge in [-0.25, -0.2) is 0 Å². The molecule has 198 valence electrons. The van der Waals surface area contributed by atoms with E-state index in [-0.39, 0.29) is 75.9 Å². The van der Waals surface area contributed by atoms with Crippen molar-refractivity contribution < 1.29 is 17.7 Å². The Morgan fingerprint density at radius 3 is 2.40 bits per heavy atom. The Morgan fingerprint density at radius 1 is 0.950 bits per heavy atom. The standard InChI is InChI=1S/C27H26N6O4S.2Na.2H/c34-38(35,36)26-21(15-14-20-8-3-1-4-9-20)10-7-13-23(26)30-27-24(18-28-32-31-27)33-16-17-37-25(19-33)29-22-11-5-2-6-12-22;;;;/h1-15,18,25,29H,16-17,19H2,(H,28,30,31)(H,34,35,36);;;;. The summed E-state index contributed by atoms with van der Waals surface area (Å²) >= 11 is 0. The number of hydrogen-bond acceptors (Lipinski definition) is 9. The van der Waals surface area contributed by atoms with Crippen LogP contribution in [0.25, 0.3) is 12.2 Å². The molecule has 0 spiro atoms. The van der Waals surface area contributed by atoms with E-state index < -0.39 is 10.1 Å². The molecule has 1 atom stereocenters. The van der Waals surface area contributed by atoms with Crippen LogP contribution < -0.4 is 15.5 Å². The molecule has 1 aliphatic rings. The first-order chi connectivity index (χ1) is 18.5. The van der Waals surface area contributed by atoms with E-state index in [1.165, 1.54) is 0 Å². The van der Waals surface area contributed by atoms with Crippen LogP contribution in [0.4, 0.5) is 22.9 Å². The Bertz CT molecular complexity index is 1530. The summed E-state index contributed by atoms with van der Waals surface area (Å²) in [6.07, 6.45) is 4.70. The van der Waals surface area contributed by atoms with Crippen LogP contribution in [-0.2, 0) is 14.9 Å². The first kappa shape index (κ1) is 32.2. The van der Waals surface area contributed by atoms with E-state index in [1.54, 1.807) is 36.5 Å². The third kappa shape index (κ3) is 8.35. The molecule has 1 aromatic heterocycles. The van der Waals surface area contributed by atoms with Crippen molar-refractivity contribution in [1.29, 1.82) is 0 Å². The minimum absolute atomic E-state index is 0. The van der Waals surface area contributed by atoms with E-state index in [2.05, 4.69) is 26.0 Å². The predicted molar refractivity (Wildman–Crippen MR) is 161 cm³/mol. The van der Waals surface area contributed by atoms with Gasteiger partial charge in [-0.3, -0.25) is 4.55 Å². The van der Waals surface area contributed by atoms with Crippen molar-refractivity contribution in [3.63, 3.8) is 0 Å². The fourth-order valence-electron chi connectivity index (χ4n) is 4.21. The van der Waals surface area contributed by atoms with Crippen LogP contribution in [-0.4, -0.2) is 113 Å². The predicted octanol–water partition coefficient (Wildman–Crippen LogP) is 3.01. The second-order valence-electron chi connectivity index (χ2n) is 8.55. The summed E-state index contributed by atoms with van der Waals surface area (Å²) in [5.74, 6) is 0.300. The van der Waals surface area contributed by atoms with Gasteiger partial charge in [-0.2, -0.15) is 8.42 Å². The monoisotopic (exact) mass is 578 g/mol. The molecular formula is C27H28N6Na2O4S. The number of nitrogens with zero attached hydrogens (tertiary/aromatic N) is 4. The average Bonchev–Trinajstić information content (AvgIpc) is 2.93. The van der Waals surface area contributed by atoms with Crippen LogP contribution in [0, 0.1) is 0 Å². The van der Waals surface area contributed by atoms with Crippen LogP contribution in [0.3, 0.4) is 0 Å². The van der Waals surface area contributed by atoms with Gasteiger partial charge in [-0.05, 0) is 34.5 Å². The summed E-state index contributed by atoms with van der Waals surface area (Å²) in [6.45, 7) is 1.52. The third-order valence-electron chi connectivity index (χ3n) is 5.94. The number of nitrogens with one attached hydrogen (secondary N) is 2. The molecule has 5 rings (SSSR count). The molecule has 1 unspecified atom stereocenters. The van der Waals surface area contributed by atoms with Crippen molar-refractivity contribution in [1.82, 2.24) is 15.4 Å². The molecule has 1 fully saturated rings. The summed E-state index contributed by atoms with van der Waals surface area (Å²) in [7, 11) is -4.59. The average molecular weight is 579 g/mol. The quantitative estimate of drug-likeness (QED) is 0.163. The van der Waals surface area contributed by atoms with Crippen LogP contribution >= 0.6 is 0 Å². The maximum absolute atomic E-state index is 12.5. The van der Waals surface area contributed by atoms with Crippen molar-refractivity contribution in [2.24, 2.45) is 0 Å². The number of morpholine rings is 1. The molecule has 13 heteroatoms. The number of ether oxygens (including phenoxy) is 1. The zero-order chi connectivity index (χ0) is 26.4. The molecule has 1 aliphatic heterocycles. The molecule has 2 heterocycles. The summed E-state index contributed by atoms with van der Waals surface area (Å²) in [4.78, 5) is 1.77. The first-order valence-electron chi connectivity index (χ1n) is 11.9. The normalized spacial score (nSPS) is 15.1. The SMILES string of the molecule is O=S(=O)(O)c1c(C=Cc2ccccc2)cccc1Nc1nnncc1N1CCOC(Nc2ccccc2)C1.[NaH].[NaH]. The minimum atomic E-state index is -4.59. The van der Waals surface area contributed by atoms with Crippen LogP contribution in [0.1, 0.15) is 11.1 Å². The van der Waals surface area contributed by atoms with Gasteiger partial charge < -0.3 is 20.3 Å². The molecule has 3 aromatic carbocycles. The summed E-state index contributed by atoms with van der Waals surface area (Å²) in [5.41, 5.74) is 2.93. The molecule has 10 nitrogen and oxygen atoms in total. The van der Waals surface area contributed by atoms with Crippen molar-refractivity contribution >= 4 is 104 Å². The Hall–Kier alpha value is -2.32. The Labute approximate surface area is 277 Å². The van der Waals surface area contributed by atoms with E-state index >= 15 is 0 Å². The fraction of sp³-hybridized carbons (Fsp3) is 0.148. The van der Waals surface area contributed by atoms with Crippen LogP contribution in [0.15, 0.2) is 90.0 Å². The van der Waals surface area contributed by atoms with Gasteiger partial charge in [0.25, 0.3) is 10.1 Å². The molecule has 40 heavy (non-hydrogen) atoms. The second-order valence-corrected chi connectivity index (χ2v) is 9.91. The van der Waals surface area contributed by atoms with E-state index in [0.29, 0.717) is 36.8 Å². The van der Waals surface area contributed by atoms with Gasteiger partial charge in [-0.15, -0.1) is 10.2 Å². The number of para-hydroxylation sites is 1. The second kappa shape index (κ2) is 15.1. The van der Waals surface area contributed by atoms with E-state index in [0.717, 1.165) is 11.3 Å². The van der Waals surface area contributed by atoms with Gasteiger partial charge in [0.15, 0.2) is 5.82 Å². The van der Waals surface area contributed by atoms with Gasteiger partial charge in [-0.1, -0.05) is 72.8 Å². The van der Waals surface area contributed by atoms with Crippen LogP contribution in [0.5, 0.6) is 0 Å². The van der Waals surface area contributed by atoms with Gasteiger partial charge in [0.1, 0.15) is 16.8 Å². The maximum atomic E-state index is 12.5. The van der Waals surface area contributed by atoms with E-state index in [1.807, 2.05) is 65.6 Å². The zero-order valence-electron chi connectivity index (χ0n) is 20.3. The molecular weight excluding hydrogens is 550 g/mol. The molecule has 0 amide bonds. The topological polar surface area (TPSA) is 130 Å². The van der Waals surface area contributed by atoms with Crippen LogP contribution in [0.2, 0.25) is 0 Å². The third-order valence-corrected chi connectivity index (χ3v) is 6.91. The van der Waals surface area contributed by atoms with E-state index in [4.69, 9.17) is 4.74 Å². The molecule has 1 saturated heterocycles. The first-order valence-corrected chi connectivity index (χ1v) is 13.4. The number of hydrogen-bond donors (Lipinski definition) is 3. The van der Waals surface area contributed by atoms with Gasteiger partial charge in [0, 0.05) is 12.2 Å². The Balaban J connectivity index is 0.00000220. The van der Waals surface area contributed by atoms with Gasteiger partial charge in [0.2, 0.25) is 0 Å². The number of aromatic nitrogens is 3. The number of rotatable bonds is 8. The molecule has 0 bridgehead atoms. The number of anilines is 4. The summed E-state index contributed by atoms with van der Waals surface area (Å²) in [5, 5.41) is 18.2. The van der Waals surface area contributed by atoms with E-state index in [9.17, 15) is 13.0 Å². The zero-order valence-corrected chi connectivity index (χ0v) is 21.1. The van der Waals surface area contributed by atoms with Crippen molar-refractivity contribution in [2.75, 3.05) is 35.2 Å². The fourth-order valence-corrected chi connectivity index (χ4v) is 5.04. The Kier molecular flexibility index (Phi) is 12.1. The molecule has 4 aromatic rings. The van der Waals surface area contributed by atoms with Crippen molar-refractivity contribution in [2.45, 2.75) is 11.1 Å². The number of benzene rings is 3. The molecule has 0 saturated carbocycles. The van der Waals surface area contributed by atoms with Crippen molar-refractivity contribution in [3.8, 4) is 0 Å². The molecule has 0 aliphatic carbocycles. The Morgan fingerprint density at radius 2 is 1.68 bits per heavy atom. The van der Waals surface area contributed by atoms with Gasteiger partial charge >= 0.3 is 59.1 Å².